The third kappa shape index (κ3) is 1.73. The summed E-state index contributed by atoms with van der Waals surface area (Å²) in [5, 5.41) is 0. The molecular formula is C9H15N3O2. The molecule has 1 saturated heterocycles. The van der Waals surface area contributed by atoms with Gasteiger partial charge in [0.05, 0.1) is 19.3 Å². The fraction of sp³-hybridized carbons (Fsp3) is 0.667. The van der Waals surface area contributed by atoms with E-state index in [9.17, 15) is 4.79 Å². The van der Waals surface area contributed by atoms with Gasteiger partial charge in [-0.25, -0.2) is 5.43 Å². The highest BCUT2D eigenvalue weighted by molar-refractivity contribution is 5.84. The lowest BCUT2D eigenvalue weighted by Crippen LogP contribution is -2.53. The minimum atomic E-state index is -0.226. The summed E-state index contributed by atoms with van der Waals surface area (Å²) in [7, 11) is 0. The lowest BCUT2D eigenvalue weighted by molar-refractivity contribution is -0.140. The average molecular weight is 197 g/mol. The molecule has 2 aliphatic heterocycles. The molecule has 0 aliphatic carbocycles. The monoisotopic (exact) mass is 197 g/mol. The van der Waals surface area contributed by atoms with E-state index in [1.54, 1.807) is 6.20 Å². The van der Waals surface area contributed by atoms with Crippen molar-refractivity contribution in [2.24, 2.45) is 0 Å². The van der Waals surface area contributed by atoms with Gasteiger partial charge in [0.2, 0.25) is 5.91 Å². The summed E-state index contributed by atoms with van der Waals surface area (Å²) in [4.78, 5) is 13.8. The van der Waals surface area contributed by atoms with Crippen molar-refractivity contribution >= 4 is 5.91 Å². The highest BCUT2D eigenvalue weighted by Crippen LogP contribution is 2.09. The second-order valence-corrected chi connectivity index (χ2v) is 3.58. The van der Waals surface area contributed by atoms with E-state index in [-0.39, 0.29) is 18.0 Å². The smallest absolute Gasteiger partial charge is 0.245 e. The van der Waals surface area contributed by atoms with E-state index < -0.39 is 0 Å². The van der Waals surface area contributed by atoms with E-state index in [1.807, 2.05) is 17.9 Å². The second kappa shape index (κ2) is 3.98. The largest absolute Gasteiger partial charge is 0.377 e. The zero-order valence-electron chi connectivity index (χ0n) is 8.19. The standard InChI is InChI=1S/C9H15N3O2/c1-7-6-14-5-4-12(7)9(13)8-2-3-10-11-8/h2-3,7-8,10-11H,4-6H2,1H3. The van der Waals surface area contributed by atoms with Crippen LogP contribution in [-0.4, -0.2) is 42.6 Å². The Balaban J connectivity index is 1.98. The first-order chi connectivity index (χ1) is 6.79. The minimum Gasteiger partial charge on any atom is -0.377 e. The van der Waals surface area contributed by atoms with E-state index in [0.29, 0.717) is 19.8 Å². The van der Waals surface area contributed by atoms with E-state index >= 15 is 0 Å². The van der Waals surface area contributed by atoms with Crippen molar-refractivity contribution in [3.8, 4) is 0 Å². The van der Waals surface area contributed by atoms with Crippen LogP contribution in [0.4, 0.5) is 0 Å². The molecule has 5 nitrogen and oxygen atoms in total. The van der Waals surface area contributed by atoms with Crippen LogP contribution in [0.1, 0.15) is 6.92 Å². The van der Waals surface area contributed by atoms with Crippen LogP contribution in [0, 0.1) is 0 Å². The zero-order chi connectivity index (χ0) is 9.97. The molecule has 0 aromatic rings. The Morgan fingerprint density at radius 2 is 2.50 bits per heavy atom. The lowest BCUT2D eigenvalue weighted by atomic mass is 10.2. The SMILES string of the molecule is CC1COCCN1C(=O)C1C=CNN1. The maximum absolute atomic E-state index is 11.9. The van der Waals surface area contributed by atoms with Crippen LogP contribution in [0.3, 0.4) is 0 Å². The third-order valence-corrected chi connectivity index (χ3v) is 2.53. The number of hydrazine groups is 1. The van der Waals surface area contributed by atoms with Gasteiger partial charge >= 0.3 is 0 Å². The van der Waals surface area contributed by atoms with Crippen LogP contribution in [-0.2, 0) is 9.53 Å². The van der Waals surface area contributed by atoms with Crippen molar-refractivity contribution in [3.05, 3.63) is 12.3 Å². The van der Waals surface area contributed by atoms with Crippen molar-refractivity contribution in [1.82, 2.24) is 15.8 Å². The molecule has 0 spiro atoms. The summed E-state index contributed by atoms with van der Waals surface area (Å²) in [5.74, 6) is 0.113. The number of hydrogen-bond donors (Lipinski definition) is 2. The van der Waals surface area contributed by atoms with Crippen molar-refractivity contribution in [2.45, 2.75) is 19.0 Å². The summed E-state index contributed by atoms with van der Waals surface area (Å²) in [6.07, 6.45) is 3.57. The van der Waals surface area contributed by atoms with Gasteiger partial charge in [-0.05, 0) is 13.0 Å². The van der Waals surface area contributed by atoms with Crippen molar-refractivity contribution < 1.29 is 9.53 Å². The topological polar surface area (TPSA) is 53.6 Å². The number of nitrogens with one attached hydrogen (secondary N) is 2. The molecular weight excluding hydrogens is 182 g/mol. The fourth-order valence-electron chi connectivity index (χ4n) is 1.71. The molecule has 78 valence electrons. The molecule has 0 aromatic carbocycles. The van der Waals surface area contributed by atoms with E-state index in [4.69, 9.17) is 4.74 Å². The molecule has 1 fully saturated rings. The van der Waals surface area contributed by atoms with Crippen molar-refractivity contribution in [1.29, 1.82) is 0 Å². The summed E-state index contributed by atoms with van der Waals surface area (Å²) in [6.45, 7) is 3.96. The number of ether oxygens (including phenoxy) is 1. The van der Waals surface area contributed by atoms with E-state index in [0.717, 1.165) is 0 Å². The first kappa shape index (κ1) is 9.48. The molecule has 14 heavy (non-hydrogen) atoms. The van der Waals surface area contributed by atoms with E-state index in [1.165, 1.54) is 0 Å². The molecule has 2 aliphatic rings. The molecule has 2 unspecified atom stereocenters. The van der Waals surface area contributed by atoms with Crippen LogP contribution < -0.4 is 10.9 Å². The molecule has 2 N–H and O–H groups in total. The van der Waals surface area contributed by atoms with Gasteiger partial charge in [0, 0.05) is 12.7 Å². The van der Waals surface area contributed by atoms with Gasteiger partial charge in [0.1, 0.15) is 6.04 Å². The third-order valence-electron chi connectivity index (χ3n) is 2.53. The number of rotatable bonds is 1. The predicted octanol–water partition coefficient (Wildman–Crippen LogP) is -0.776. The lowest BCUT2D eigenvalue weighted by Gasteiger charge is -2.34. The number of carbonyl (C=O) groups excluding carboxylic acids is 1. The summed E-state index contributed by atoms with van der Waals surface area (Å²) in [6, 6.07) is -0.0531. The van der Waals surface area contributed by atoms with Crippen LogP contribution in [0.15, 0.2) is 12.3 Å². The number of hydrogen-bond acceptors (Lipinski definition) is 4. The second-order valence-electron chi connectivity index (χ2n) is 3.58. The molecule has 2 atom stereocenters. The number of amides is 1. The molecule has 0 bridgehead atoms. The maximum atomic E-state index is 11.9. The molecule has 0 saturated carbocycles. The molecule has 1 amide bonds. The normalized spacial score (nSPS) is 31.6. The van der Waals surface area contributed by atoms with E-state index in [2.05, 4.69) is 10.9 Å². The van der Waals surface area contributed by atoms with Gasteiger partial charge in [0.25, 0.3) is 0 Å². The Bertz CT molecular complexity index is 254. The van der Waals surface area contributed by atoms with Gasteiger partial charge < -0.3 is 15.1 Å². The van der Waals surface area contributed by atoms with Gasteiger partial charge in [-0.1, -0.05) is 0 Å². The fourth-order valence-corrected chi connectivity index (χ4v) is 1.71. The quantitative estimate of drug-likeness (QED) is 0.579. The molecule has 0 radical (unpaired) electrons. The van der Waals surface area contributed by atoms with Crippen LogP contribution in [0.5, 0.6) is 0 Å². The highest BCUT2D eigenvalue weighted by atomic mass is 16.5. The molecule has 2 rings (SSSR count). The van der Waals surface area contributed by atoms with Crippen molar-refractivity contribution in [2.75, 3.05) is 19.8 Å². The minimum absolute atomic E-state index is 0.113. The summed E-state index contributed by atoms with van der Waals surface area (Å²) < 4.78 is 5.28. The number of morpholine rings is 1. The zero-order valence-corrected chi connectivity index (χ0v) is 8.19. The van der Waals surface area contributed by atoms with Gasteiger partial charge in [0.15, 0.2) is 0 Å². The Hall–Kier alpha value is -1.07. The van der Waals surface area contributed by atoms with Gasteiger partial charge in [-0.15, -0.1) is 0 Å². The first-order valence-electron chi connectivity index (χ1n) is 4.85. The van der Waals surface area contributed by atoms with Crippen LogP contribution in [0.2, 0.25) is 0 Å². The average Bonchev–Trinajstić information content (AvgIpc) is 2.70. The molecule has 2 heterocycles. The number of carbonyl (C=O) groups is 1. The number of nitrogens with zero attached hydrogens (tertiary/aromatic N) is 1. The van der Waals surface area contributed by atoms with Crippen LogP contribution in [0.25, 0.3) is 0 Å². The molecule has 5 heteroatoms. The Labute approximate surface area is 83.1 Å². The maximum Gasteiger partial charge on any atom is 0.245 e. The Morgan fingerprint density at radius 3 is 3.14 bits per heavy atom. The summed E-state index contributed by atoms with van der Waals surface area (Å²) >= 11 is 0. The molecule has 0 aromatic heterocycles. The first-order valence-corrected chi connectivity index (χ1v) is 4.85. The Morgan fingerprint density at radius 1 is 1.64 bits per heavy atom. The predicted molar refractivity (Wildman–Crippen MR) is 51.2 cm³/mol. The van der Waals surface area contributed by atoms with Crippen LogP contribution >= 0.6 is 0 Å². The van der Waals surface area contributed by atoms with Gasteiger partial charge in [-0.3, -0.25) is 4.79 Å². The summed E-state index contributed by atoms with van der Waals surface area (Å²) in [5.41, 5.74) is 5.68. The van der Waals surface area contributed by atoms with Gasteiger partial charge in [-0.2, -0.15) is 0 Å². The van der Waals surface area contributed by atoms with Crippen molar-refractivity contribution in [3.63, 3.8) is 0 Å². The Kier molecular flexibility index (Phi) is 2.69. The highest BCUT2D eigenvalue weighted by Gasteiger charge is 2.29.